The van der Waals surface area contributed by atoms with Crippen LogP contribution in [0.1, 0.15) is 25.2 Å². The zero-order chi connectivity index (χ0) is 17.2. The highest BCUT2D eigenvalue weighted by Gasteiger charge is 2.33. The number of hydrogen-bond acceptors (Lipinski definition) is 4. The summed E-state index contributed by atoms with van der Waals surface area (Å²) in [6, 6.07) is 8.20. The summed E-state index contributed by atoms with van der Waals surface area (Å²) in [5, 5.41) is 0. The van der Waals surface area contributed by atoms with Crippen LogP contribution in [0, 0.1) is 0 Å². The summed E-state index contributed by atoms with van der Waals surface area (Å²) in [5.41, 5.74) is 2.01. The molecule has 0 aromatic carbocycles. The second-order valence-electron chi connectivity index (χ2n) is 6.32. The van der Waals surface area contributed by atoms with Gasteiger partial charge in [0.05, 0.1) is 23.6 Å². The van der Waals surface area contributed by atoms with E-state index in [1.807, 2.05) is 24.5 Å². The highest BCUT2D eigenvalue weighted by Crippen LogP contribution is 2.27. The molecule has 4 nitrogen and oxygen atoms in total. The second kappa shape index (κ2) is 7.33. The fraction of sp³-hybridized carbons (Fsp3) is 0.333. The highest BCUT2D eigenvalue weighted by molar-refractivity contribution is 9.10. The predicted molar refractivity (Wildman–Crippen MR) is 103 cm³/mol. The highest BCUT2D eigenvalue weighted by atomic mass is 79.9. The van der Waals surface area contributed by atoms with E-state index in [-0.39, 0.29) is 5.66 Å². The van der Waals surface area contributed by atoms with Gasteiger partial charge in [0.1, 0.15) is 0 Å². The monoisotopic (exact) mass is 450 g/mol. The molecule has 0 radical (unpaired) electrons. The molecular weight excluding hydrogens is 432 g/mol. The van der Waals surface area contributed by atoms with Gasteiger partial charge >= 0.3 is 0 Å². The molecule has 0 saturated heterocycles. The van der Waals surface area contributed by atoms with Crippen LogP contribution in [0.15, 0.2) is 57.9 Å². The smallest absolute Gasteiger partial charge is 0.0880 e. The maximum absolute atomic E-state index is 4.51. The van der Waals surface area contributed by atoms with Gasteiger partial charge < -0.3 is 4.90 Å². The number of hydrogen-bond donors (Lipinski definition) is 0. The van der Waals surface area contributed by atoms with Gasteiger partial charge in [0.15, 0.2) is 0 Å². The van der Waals surface area contributed by atoms with Gasteiger partial charge in [-0.1, -0.05) is 6.08 Å². The Morgan fingerprint density at radius 3 is 2.08 bits per heavy atom. The van der Waals surface area contributed by atoms with E-state index in [2.05, 4.69) is 89.9 Å². The molecule has 0 atom stereocenters. The minimum atomic E-state index is -0.113. The number of nitrogens with zero attached hydrogens (tertiary/aromatic N) is 4. The molecule has 6 heteroatoms. The number of pyridine rings is 2. The van der Waals surface area contributed by atoms with Gasteiger partial charge in [-0.3, -0.25) is 14.9 Å². The SMILES string of the molecule is CC1(C)N(Cc2ccc(Br)cn2)C=CCN1Cc1ccc(Br)cn1. The third-order valence-electron chi connectivity index (χ3n) is 4.35. The lowest BCUT2D eigenvalue weighted by Gasteiger charge is -2.48. The van der Waals surface area contributed by atoms with E-state index in [1.54, 1.807) is 0 Å². The molecule has 24 heavy (non-hydrogen) atoms. The van der Waals surface area contributed by atoms with E-state index < -0.39 is 0 Å². The summed E-state index contributed by atoms with van der Waals surface area (Å²) in [4.78, 5) is 13.7. The number of aromatic nitrogens is 2. The van der Waals surface area contributed by atoms with Crippen LogP contribution in [0.5, 0.6) is 0 Å². The van der Waals surface area contributed by atoms with Gasteiger partial charge in [-0.2, -0.15) is 0 Å². The van der Waals surface area contributed by atoms with E-state index in [0.29, 0.717) is 0 Å². The fourth-order valence-electron chi connectivity index (χ4n) is 2.76. The van der Waals surface area contributed by atoms with Crippen molar-refractivity contribution in [2.75, 3.05) is 6.54 Å². The Bertz CT molecular complexity index is 711. The first kappa shape index (κ1) is 17.6. The normalized spacial score (nSPS) is 17.2. The summed E-state index contributed by atoms with van der Waals surface area (Å²) >= 11 is 6.88. The van der Waals surface area contributed by atoms with Gasteiger partial charge in [-0.05, 0) is 76.2 Å². The van der Waals surface area contributed by atoms with Crippen molar-refractivity contribution in [2.24, 2.45) is 0 Å². The Morgan fingerprint density at radius 1 is 0.958 bits per heavy atom. The van der Waals surface area contributed by atoms with Crippen molar-refractivity contribution in [3.05, 3.63) is 69.3 Å². The molecule has 0 saturated carbocycles. The molecule has 0 fully saturated rings. The van der Waals surface area contributed by atoms with E-state index in [9.17, 15) is 0 Å². The molecule has 126 valence electrons. The van der Waals surface area contributed by atoms with Gasteiger partial charge in [-0.15, -0.1) is 0 Å². The van der Waals surface area contributed by atoms with E-state index in [4.69, 9.17) is 0 Å². The molecule has 0 N–H and O–H groups in total. The lowest BCUT2D eigenvalue weighted by molar-refractivity contribution is -0.0181. The zero-order valence-electron chi connectivity index (χ0n) is 13.8. The molecule has 1 aliphatic heterocycles. The first-order chi connectivity index (χ1) is 11.4. The molecule has 2 aromatic heterocycles. The molecule has 2 aromatic rings. The predicted octanol–water partition coefficient (Wildman–Crippen LogP) is 4.57. The Kier molecular flexibility index (Phi) is 5.37. The van der Waals surface area contributed by atoms with Crippen LogP contribution >= 0.6 is 31.9 Å². The summed E-state index contributed by atoms with van der Waals surface area (Å²) < 4.78 is 2.01. The van der Waals surface area contributed by atoms with Gasteiger partial charge in [-0.25, -0.2) is 0 Å². The van der Waals surface area contributed by atoms with Crippen LogP contribution in [0.3, 0.4) is 0 Å². The quantitative estimate of drug-likeness (QED) is 0.681. The lowest BCUT2D eigenvalue weighted by atomic mass is 10.1. The van der Waals surface area contributed by atoms with Crippen molar-refractivity contribution in [3.63, 3.8) is 0 Å². The van der Waals surface area contributed by atoms with Crippen LogP contribution in [0.2, 0.25) is 0 Å². The lowest BCUT2D eigenvalue weighted by Crippen LogP contribution is -2.56. The van der Waals surface area contributed by atoms with Crippen LogP contribution in [-0.2, 0) is 13.1 Å². The molecule has 0 bridgehead atoms. The molecule has 3 rings (SSSR count). The van der Waals surface area contributed by atoms with Crippen molar-refractivity contribution < 1.29 is 0 Å². The van der Waals surface area contributed by atoms with Crippen LogP contribution < -0.4 is 0 Å². The summed E-state index contributed by atoms with van der Waals surface area (Å²) in [6.07, 6.45) is 8.07. The van der Waals surface area contributed by atoms with Gasteiger partial charge in [0, 0.05) is 34.4 Å². The minimum absolute atomic E-state index is 0.113. The average Bonchev–Trinajstić information content (AvgIpc) is 2.55. The number of halogens is 2. The zero-order valence-corrected chi connectivity index (χ0v) is 17.0. The Labute approximate surface area is 159 Å². The fourth-order valence-corrected chi connectivity index (χ4v) is 3.23. The first-order valence-electron chi connectivity index (χ1n) is 7.84. The maximum Gasteiger partial charge on any atom is 0.0880 e. The molecule has 3 heterocycles. The van der Waals surface area contributed by atoms with Crippen molar-refractivity contribution in [2.45, 2.75) is 32.6 Å². The van der Waals surface area contributed by atoms with E-state index in [1.165, 1.54) is 0 Å². The van der Waals surface area contributed by atoms with Crippen molar-refractivity contribution in [3.8, 4) is 0 Å². The average molecular weight is 452 g/mol. The third kappa shape index (κ3) is 4.05. The first-order valence-corrected chi connectivity index (χ1v) is 9.43. The van der Waals surface area contributed by atoms with Crippen LogP contribution in [0.4, 0.5) is 0 Å². The number of rotatable bonds is 4. The Hall–Kier alpha value is -1.24. The summed E-state index contributed by atoms with van der Waals surface area (Å²) in [6.45, 7) is 6.99. The molecule has 0 spiro atoms. The molecule has 0 aliphatic carbocycles. The standard InChI is InChI=1S/C18H20Br2N4/c1-18(2)23(12-16-6-4-14(19)10-21-16)8-3-9-24(18)13-17-7-5-15(20)11-22-17/h3-8,10-11H,9,12-13H2,1-2H3. The van der Waals surface area contributed by atoms with Gasteiger partial charge in [0.25, 0.3) is 0 Å². The molecule has 0 amide bonds. The minimum Gasteiger partial charge on any atom is -0.354 e. The maximum atomic E-state index is 4.51. The Morgan fingerprint density at radius 2 is 1.54 bits per heavy atom. The van der Waals surface area contributed by atoms with E-state index >= 15 is 0 Å². The van der Waals surface area contributed by atoms with Crippen molar-refractivity contribution in [1.82, 2.24) is 19.8 Å². The van der Waals surface area contributed by atoms with Crippen molar-refractivity contribution >= 4 is 31.9 Å². The largest absolute Gasteiger partial charge is 0.354 e. The third-order valence-corrected chi connectivity index (χ3v) is 5.29. The van der Waals surface area contributed by atoms with Gasteiger partial charge in [0.2, 0.25) is 0 Å². The second-order valence-corrected chi connectivity index (χ2v) is 8.15. The Balaban J connectivity index is 1.74. The van der Waals surface area contributed by atoms with E-state index in [0.717, 1.165) is 40.0 Å². The molecule has 1 aliphatic rings. The van der Waals surface area contributed by atoms with Crippen molar-refractivity contribution in [1.29, 1.82) is 0 Å². The van der Waals surface area contributed by atoms with Crippen LogP contribution in [0.25, 0.3) is 0 Å². The molecule has 0 unspecified atom stereocenters. The molecular formula is C18H20Br2N4. The topological polar surface area (TPSA) is 32.3 Å². The summed E-state index contributed by atoms with van der Waals surface area (Å²) in [5.74, 6) is 0. The van der Waals surface area contributed by atoms with Crippen LogP contribution in [-0.4, -0.2) is 32.0 Å². The summed E-state index contributed by atoms with van der Waals surface area (Å²) in [7, 11) is 0.